The number of amides is 1. The van der Waals surface area contributed by atoms with Gasteiger partial charge in [0.05, 0.1) is 28.1 Å². The molecule has 1 amide bonds. The Morgan fingerprint density at radius 1 is 1.50 bits per heavy atom. The van der Waals surface area contributed by atoms with Crippen molar-refractivity contribution in [3.8, 4) is 10.6 Å². The number of aromatic nitrogens is 2. The molecule has 0 saturated heterocycles. The Kier molecular flexibility index (Phi) is 4.53. The van der Waals surface area contributed by atoms with Gasteiger partial charge in [-0.25, -0.2) is 13.1 Å². The van der Waals surface area contributed by atoms with E-state index in [1.165, 1.54) is 24.6 Å². The third-order valence-corrected chi connectivity index (χ3v) is 4.87. The summed E-state index contributed by atoms with van der Waals surface area (Å²) in [6.07, 6.45) is 1.43. The Labute approximate surface area is 120 Å². The molecule has 0 unspecified atom stereocenters. The first-order chi connectivity index (χ1) is 9.53. The molecule has 0 fully saturated rings. The molecule has 0 aliphatic carbocycles. The summed E-state index contributed by atoms with van der Waals surface area (Å²) >= 11 is 1.49. The van der Waals surface area contributed by atoms with Crippen LogP contribution in [0.3, 0.4) is 0 Å². The van der Waals surface area contributed by atoms with Crippen LogP contribution in [0, 0.1) is 0 Å². The molecule has 2 rings (SSSR count). The molecule has 108 valence electrons. The molecule has 2 heterocycles. The van der Waals surface area contributed by atoms with E-state index in [0.29, 0.717) is 11.3 Å². The highest BCUT2D eigenvalue weighted by Gasteiger charge is 2.16. The summed E-state index contributed by atoms with van der Waals surface area (Å²) in [6.45, 7) is 0.0388. The van der Waals surface area contributed by atoms with Crippen molar-refractivity contribution in [1.82, 2.24) is 20.2 Å². The Hall–Kier alpha value is -1.71. The Morgan fingerprint density at radius 2 is 2.30 bits per heavy atom. The van der Waals surface area contributed by atoms with E-state index in [1.54, 1.807) is 0 Å². The Morgan fingerprint density at radius 3 is 2.95 bits per heavy atom. The highest BCUT2D eigenvalue weighted by atomic mass is 32.2. The van der Waals surface area contributed by atoms with Gasteiger partial charge in [0.15, 0.2) is 0 Å². The number of carbonyl (C=O) groups excluding carboxylic acids is 1. The first-order valence-corrected chi connectivity index (χ1v) is 8.33. The van der Waals surface area contributed by atoms with Crippen molar-refractivity contribution in [1.29, 1.82) is 0 Å². The van der Waals surface area contributed by atoms with E-state index >= 15 is 0 Å². The Bertz CT molecular complexity index is 676. The van der Waals surface area contributed by atoms with Gasteiger partial charge in [-0.15, -0.1) is 11.3 Å². The summed E-state index contributed by atoms with van der Waals surface area (Å²) in [5.74, 6) is -0.519. The molecule has 0 atom stereocenters. The van der Waals surface area contributed by atoms with Crippen LogP contribution in [0.15, 0.2) is 23.7 Å². The Balaban J connectivity index is 2.02. The molecular weight excluding hydrogens is 300 g/mol. The van der Waals surface area contributed by atoms with Crippen LogP contribution in [0.5, 0.6) is 0 Å². The molecule has 0 aromatic carbocycles. The van der Waals surface area contributed by atoms with Crippen LogP contribution in [-0.2, 0) is 10.0 Å². The second-order valence-electron chi connectivity index (χ2n) is 3.91. The van der Waals surface area contributed by atoms with Crippen LogP contribution in [0.2, 0.25) is 0 Å². The van der Waals surface area contributed by atoms with Gasteiger partial charge >= 0.3 is 0 Å². The second kappa shape index (κ2) is 6.16. The van der Waals surface area contributed by atoms with Gasteiger partial charge in [-0.1, -0.05) is 6.07 Å². The molecule has 0 aliphatic heterocycles. The van der Waals surface area contributed by atoms with Crippen molar-refractivity contribution in [2.75, 3.05) is 19.3 Å². The van der Waals surface area contributed by atoms with E-state index in [0.717, 1.165) is 4.88 Å². The van der Waals surface area contributed by atoms with E-state index in [1.807, 2.05) is 17.5 Å². The minimum atomic E-state index is -3.32. The number of H-pyrrole nitrogens is 1. The topological polar surface area (TPSA) is 104 Å². The van der Waals surface area contributed by atoms with Gasteiger partial charge in [0.1, 0.15) is 0 Å². The maximum Gasteiger partial charge on any atom is 0.255 e. The predicted molar refractivity (Wildman–Crippen MR) is 77.1 cm³/mol. The van der Waals surface area contributed by atoms with Crippen LogP contribution < -0.4 is 10.0 Å². The summed E-state index contributed by atoms with van der Waals surface area (Å²) in [5.41, 5.74) is 1.03. The normalized spacial score (nSPS) is 11.4. The number of aromatic amines is 1. The molecule has 7 nitrogen and oxygen atoms in total. The number of thiophene rings is 1. The first-order valence-electron chi connectivity index (χ1n) is 5.80. The average molecular weight is 314 g/mol. The largest absolute Gasteiger partial charge is 0.351 e. The lowest BCUT2D eigenvalue weighted by atomic mass is 10.2. The molecule has 9 heteroatoms. The molecule has 0 bridgehead atoms. The summed E-state index contributed by atoms with van der Waals surface area (Å²) in [4.78, 5) is 12.9. The number of rotatable bonds is 6. The number of nitrogens with one attached hydrogen (secondary N) is 3. The summed E-state index contributed by atoms with van der Waals surface area (Å²) in [7, 11) is -1.99. The maximum absolute atomic E-state index is 12.0. The molecule has 2 aromatic heterocycles. The van der Waals surface area contributed by atoms with E-state index in [2.05, 4.69) is 20.2 Å². The van der Waals surface area contributed by atoms with E-state index < -0.39 is 10.0 Å². The van der Waals surface area contributed by atoms with Crippen molar-refractivity contribution in [2.45, 2.75) is 0 Å². The number of sulfonamides is 1. The molecule has 0 spiro atoms. The molecule has 20 heavy (non-hydrogen) atoms. The van der Waals surface area contributed by atoms with Gasteiger partial charge < -0.3 is 5.32 Å². The molecule has 0 radical (unpaired) electrons. The standard InChI is InChI=1S/C11H14N4O3S2/c1-12-20(17,18)6-4-13-11(16)8-7-14-15-10(8)9-3-2-5-19-9/h2-3,5,7,12H,4,6H2,1H3,(H,13,16)(H,14,15). The smallest absolute Gasteiger partial charge is 0.255 e. The van der Waals surface area contributed by atoms with Gasteiger partial charge in [0.25, 0.3) is 5.91 Å². The van der Waals surface area contributed by atoms with E-state index in [-0.39, 0.29) is 18.2 Å². The van der Waals surface area contributed by atoms with Crippen molar-refractivity contribution in [3.63, 3.8) is 0 Å². The first kappa shape index (κ1) is 14.7. The molecule has 2 aromatic rings. The number of carbonyl (C=O) groups is 1. The van der Waals surface area contributed by atoms with Gasteiger partial charge in [0, 0.05) is 6.54 Å². The number of hydrogen-bond acceptors (Lipinski definition) is 5. The highest BCUT2D eigenvalue weighted by Crippen LogP contribution is 2.25. The molecule has 0 aliphatic rings. The average Bonchev–Trinajstić information content (AvgIpc) is 3.08. The summed E-state index contributed by atoms with van der Waals surface area (Å²) in [6, 6.07) is 3.75. The number of nitrogens with zero attached hydrogens (tertiary/aromatic N) is 1. The quantitative estimate of drug-likeness (QED) is 0.718. The zero-order valence-electron chi connectivity index (χ0n) is 10.7. The highest BCUT2D eigenvalue weighted by molar-refractivity contribution is 7.89. The minimum Gasteiger partial charge on any atom is -0.351 e. The van der Waals surface area contributed by atoms with Crippen molar-refractivity contribution in [2.24, 2.45) is 0 Å². The second-order valence-corrected chi connectivity index (χ2v) is 6.91. The van der Waals surface area contributed by atoms with E-state index in [4.69, 9.17) is 0 Å². The van der Waals surface area contributed by atoms with Crippen LogP contribution in [-0.4, -0.2) is 43.9 Å². The van der Waals surface area contributed by atoms with E-state index in [9.17, 15) is 13.2 Å². The molecule has 0 saturated carbocycles. The number of hydrogen-bond donors (Lipinski definition) is 3. The maximum atomic E-state index is 12.0. The fraction of sp³-hybridized carbons (Fsp3) is 0.273. The van der Waals surface area contributed by atoms with Crippen LogP contribution >= 0.6 is 11.3 Å². The lowest BCUT2D eigenvalue weighted by Crippen LogP contribution is -2.33. The van der Waals surface area contributed by atoms with Gasteiger partial charge in [-0.2, -0.15) is 5.10 Å². The van der Waals surface area contributed by atoms with Crippen molar-refractivity contribution in [3.05, 3.63) is 29.3 Å². The minimum absolute atomic E-state index is 0.0388. The third-order valence-electron chi connectivity index (χ3n) is 2.62. The molecular formula is C11H14N4O3S2. The zero-order valence-corrected chi connectivity index (χ0v) is 12.3. The summed E-state index contributed by atoms with van der Waals surface area (Å²) < 4.78 is 24.7. The van der Waals surface area contributed by atoms with Gasteiger partial charge in [-0.3, -0.25) is 9.89 Å². The monoisotopic (exact) mass is 314 g/mol. The van der Waals surface area contributed by atoms with Crippen LogP contribution in [0.25, 0.3) is 10.6 Å². The van der Waals surface area contributed by atoms with Crippen molar-refractivity contribution < 1.29 is 13.2 Å². The summed E-state index contributed by atoms with van der Waals surface area (Å²) in [5, 5.41) is 11.1. The SMILES string of the molecule is CNS(=O)(=O)CCNC(=O)c1cn[nH]c1-c1cccs1. The fourth-order valence-corrected chi connectivity index (χ4v) is 2.87. The van der Waals surface area contributed by atoms with Gasteiger partial charge in [-0.05, 0) is 18.5 Å². The van der Waals surface area contributed by atoms with Crippen LogP contribution in [0.1, 0.15) is 10.4 Å². The third kappa shape index (κ3) is 3.44. The van der Waals surface area contributed by atoms with Gasteiger partial charge in [0.2, 0.25) is 10.0 Å². The fourth-order valence-electron chi connectivity index (χ4n) is 1.56. The van der Waals surface area contributed by atoms with Crippen LogP contribution in [0.4, 0.5) is 0 Å². The van der Waals surface area contributed by atoms with Crippen molar-refractivity contribution >= 4 is 27.3 Å². The molecule has 3 N–H and O–H groups in total. The predicted octanol–water partition coefficient (Wildman–Crippen LogP) is 0.417. The lowest BCUT2D eigenvalue weighted by molar-refractivity contribution is 0.0957. The lowest BCUT2D eigenvalue weighted by Gasteiger charge is -2.05. The zero-order chi connectivity index (χ0) is 14.6.